The van der Waals surface area contributed by atoms with Gasteiger partial charge in [0.2, 0.25) is 0 Å². The van der Waals surface area contributed by atoms with Gasteiger partial charge in [0.15, 0.2) is 8.32 Å². The van der Waals surface area contributed by atoms with E-state index in [9.17, 15) is 5.11 Å². The average molecular weight is 292 g/mol. The summed E-state index contributed by atoms with van der Waals surface area (Å²) in [5.74, 6) is 0. The zero-order valence-electron chi connectivity index (χ0n) is 13.2. The molecule has 0 bridgehead atoms. The van der Waals surface area contributed by atoms with Crippen LogP contribution >= 0.6 is 0 Å². The number of aliphatic hydroxyl groups is 2. The smallest absolute Gasteiger partial charge is 0.197 e. The molecule has 0 rings (SSSR count). The summed E-state index contributed by atoms with van der Waals surface area (Å²) in [6, 6.07) is 1.09. The van der Waals surface area contributed by atoms with E-state index < -0.39 is 14.4 Å². The first-order valence-electron chi connectivity index (χ1n) is 7.41. The molecule has 1 atom stereocenters. The molecule has 0 aromatic heterocycles. The second-order valence-corrected chi connectivity index (χ2v) is 10.7. The van der Waals surface area contributed by atoms with Crippen molar-refractivity contribution in [1.29, 1.82) is 0 Å². The van der Waals surface area contributed by atoms with Crippen LogP contribution in [0.5, 0.6) is 0 Å². The van der Waals surface area contributed by atoms with Crippen LogP contribution < -0.4 is 0 Å². The molecule has 0 heterocycles. The average Bonchev–Trinajstić information content (AvgIpc) is 2.35. The van der Waals surface area contributed by atoms with Crippen molar-refractivity contribution in [2.45, 2.75) is 64.3 Å². The van der Waals surface area contributed by atoms with E-state index in [4.69, 9.17) is 14.3 Å². The minimum atomic E-state index is -1.73. The van der Waals surface area contributed by atoms with Gasteiger partial charge in [-0.15, -0.1) is 0 Å². The molecule has 0 aromatic rings. The third-order valence-electron chi connectivity index (χ3n) is 3.74. The SMILES string of the molecule is CCO[Si](CCCOCC(O)CO)(C(C)C)C(C)C. The molecule has 0 aliphatic carbocycles. The zero-order chi connectivity index (χ0) is 14.9. The molecule has 5 heteroatoms. The van der Waals surface area contributed by atoms with E-state index >= 15 is 0 Å². The Morgan fingerprint density at radius 1 is 1.11 bits per heavy atom. The topological polar surface area (TPSA) is 58.9 Å². The van der Waals surface area contributed by atoms with Crippen molar-refractivity contribution in [1.82, 2.24) is 0 Å². The minimum absolute atomic E-state index is 0.211. The highest BCUT2D eigenvalue weighted by Crippen LogP contribution is 2.37. The first-order chi connectivity index (χ1) is 8.90. The van der Waals surface area contributed by atoms with Gasteiger partial charge in [0, 0.05) is 13.2 Å². The summed E-state index contributed by atoms with van der Waals surface area (Å²) in [5.41, 5.74) is 1.19. The van der Waals surface area contributed by atoms with Crippen molar-refractivity contribution in [2.75, 3.05) is 26.4 Å². The standard InChI is InChI=1S/C14H32O4Si/c1-6-18-19(12(2)3,13(4)5)9-7-8-17-11-14(16)10-15/h12-16H,6-11H2,1-5H3. The second-order valence-electron chi connectivity index (χ2n) is 5.71. The fourth-order valence-corrected chi connectivity index (χ4v) is 7.17. The molecule has 0 aliphatic heterocycles. The summed E-state index contributed by atoms with van der Waals surface area (Å²) in [4.78, 5) is 0. The molecule has 0 saturated heterocycles. The molecule has 0 fully saturated rings. The van der Waals surface area contributed by atoms with Crippen LogP contribution in [0, 0.1) is 0 Å². The highest BCUT2D eigenvalue weighted by Gasteiger charge is 2.40. The van der Waals surface area contributed by atoms with Gasteiger partial charge in [-0.25, -0.2) is 0 Å². The first kappa shape index (κ1) is 19.1. The largest absolute Gasteiger partial charge is 0.417 e. The van der Waals surface area contributed by atoms with Crippen LogP contribution in [-0.4, -0.2) is 51.1 Å². The van der Waals surface area contributed by atoms with Gasteiger partial charge in [0.05, 0.1) is 13.2 Å². The summed E-state index contributed by atoms with van der Waals surface area (Å²) in [6.45, 7) is 12.5. The van der Waals surface area contributed by atoms with Gasteiger partial charge in [0.1, 0.15) is 6.10 Å². The minimum Gasteiger partial charge on any atom is -0.417 e. The van der Waals surface area contributed by atoms with Crippen LogP contribution in [-0.2, 0) is 9.16 Å². The Balaban J connectivity index is 4.20. The normalized spacial score (nSPS) is 14.4. The Labute approximate surface area is 119 Å². The van der Waals surface area contributed by atoms with Crippen molar-refractivity contribution < 1.29 is 19.4 Å². The van der Waals surface area contributed by atoms with E-state index in [0.29, 0.717) is 17.7 Å². The van der Waals surface area contributed by atoms with E-state index in [-0.39, 0.29) is 13.2 Å². The van der Waals surface area contributed by atoms with Crippen molar-refractivity contribution in [2.24, 2.45) is 0 Å². The van der Waals surface area contributed by atoms with E-state index in [0.717, 1.165) is 19.1 Å². The number of hydrogen-bond donors (Lipinski definition) is 2. The highest BCUT2D eigenvalue weighted by molar-refractivity contribution is 6.76. The Morgan fingerprint density at radius 3 is 2.11 bits per heavy atom. The van der Waals surface area contributed by atoms with Gasteiger partial charge in [-0.3, -0.25) is 0 Å². The molecule has 0 radical (unpaired) electrons. The third kappa shape index (κ3) is 6.36. The molecular weight excluding hydrogens is 260 g/mol. The van der Waals surface area contributed by atoms with Gasteiger partial charge in [-0.05, 0) is 30.5 Å². The Hall–Kier alpha value is 0.0569. The lowest BCUT2D eigenvalue weighted by Gasteiger charge is -2.38. The Kier molecular flexibility index (Phi) is 9.91. The van der Waals surface area contributed by atoms with Crippen LogP contribution in [0.25, 0.3) is 0 Å². The van der Waals surface area contributed by atoms with Crippen molar-refractivity contribution in [3.05, 3.63) is 0 Å². The molecule has 0 aromatic carbocycles. The predicted molar refractivity (Wildman–Crippen MR) is 80.9 cm³/mol. The van der Waals surface area contributed by atoms with Crippen LogP contribution in [0.3, 0.4) is 0 Å². The summed E-state index contributed by atoms with van der Waals surface area (Å²) in [5, 5.41) is 17.9. The lowest BCUT2D eigenvalue weighted by atomic mass is 10.4. The number of hydrogen-bond acceptors (Lipinski definition) is 4. The van der Waals surface area contributed by atoms with Crippen molar-refractivity contribution >= 4 is 8.32 Å². The maximum atomic E-state index is 9.19. The molecule has 4 nitrogen and oxygen atoms in total. The first-order valence-corrected chi connectivity index (χ1v) is 9.68. The molecule has 0 saturated carbocycles. The van der Waals surface area contributed by atoms with E-state index in [1.807, 2.05) is 0 Å². The molecule has 0 amide bonds. The molecule has 0 aliphatic rings. The van der Waals surface area contributed by atoms with Gasteiger partial charge in [-0.2, -0.15) is 0 Å². The second kappa shape index (κ2) is 9.88. The molecule has 1 unspecified atom stereocenters. The zero-order valence-corrected chi connectivity index (χ0v) is 14.2. The lowest BCUT2D eigenvalue weighted by molar-refractivity contribution is 0.00627. The van der Waals surface area contributed by atoms with E-state index in [2.05, 4.69) is 34.6 Å². The maximum absolute atomic E-state index is 9.19. The molecule has 19 heavy (non-hydrogen) atoms. The summed E-state index contributed by atoms with van der Waals surface area (Å²) in [7, 11) is -1.73. The summed E-state index contributed by atoms with van der Waals surface area (Å²) in [6.07, 6.45) is 0.199. The number of rotatable bonds is 11. The van der Waals surface area contributed by atoms with Crippen molar-refractivity contribution in [3.63, 3.8) is 0 Å². The summed E-state index contributed by atoms with van der Waals surface area (Å²) >= 11 is 0. The highest BCUT2D eigenvalue weighted by atomic mass is 28.4. The van der Waals surface area contributed by atoms with Gasteiger partial charge >= 0.3 is 0 Å². The summed E-state index contributed by atoms with van der Waals surface area (Å²) < 4.78 is 11.6. The van der Waals surface area contributed by atoms with Gasteiger partial charge < -0.3 is 19.4 Å². The van der Waals surface area contributed by atoms with Gasteiger partial charge in [-0.1, -0.05) is 27.7 Å². The molecular formula is C14H32O4Si. The molecule has 2 N–H and O–H groups in total. The quantitative estimate of drug-likeness (QED) is 0.454. The van der Waals surface area contributed by atoms with Gasteiger partial charge in [0.25, 0.3) is 0 Å². The van der Waals surface area contributed by atoms with E-state index in [1.54, 1.807) is 0 Å². The predicted octanol–water partition coefficient (Wildman–Crippen LogP) is 2.55. The van der Waals surface area contributed by atoms with E-state index in [1.165, 1.54) is 0 Å². The number of aliphatic hydroxyl groups excluding tert-OH is 2. The fraction of sp³-hybridized carbons (Fsp3) is 1.00. The monoisotopic (exact) mass is 292 g/mol. The van der Waals surface area contributed by atoms with Crippen LogP contribution in [0.15, 0.2) is 0 Å². The third-order valence-corrected chi connectivity index (χ3v) is 9.62. The lowest BCUT2D eigenvalue weighted by Crippen LogP contribution is -2.45. The molecule has 0 spiro atoms. The van der Waals surface area contributed by atoms with Crippen LogP contribution in [0.4, 0.5) is 0 Å². The Morgan fingerprint density at radius 2 is 1.68 bits per heavy atom. The number of ether oxygens (including phenoxy) is 1. The van der Waals surface area contributed by atoms with Crippen molar-refractivity contribution in [3.8, 4) is 0 Å². The maximum Gasteiger partial charge on any atom is 0.197 e. The van der Waals surface area contributed by atoms with Crippen LogP contribution in [0.1, 0.15) is 41.0 Å². The molecule has 116 valence electrons. The fourth-order valence-electron chi connectivity index (χ4n) is 2.64. The van der Waals surface area contributed by atoms with Crippen LogP contribution in [0.2, 0.25) is 17.1 Å². The Bertz CT molecular complexity index is 213.